The molecule has 1 unspecified atom stereocenters. The number of carbonyl (C=O) groups excluding carboxylic acids is 2. The van der Waals surface area contributed by atoms with Gasteiger partial charge < -0.3 is 20.7 Å². The van der Waals surface area contributed by atoms with Gasteiger partial charge in [0.2, 0.25) is 5.91 Å². The number of urea groups is 1. The van der Waals surface area contributed by atoms with Crippen LogP contribution < -0.4 is 20.7 Å². The quantitative estimate of drug-likeness (QED) is 0.366. The monoisotopic (exact) mass is 449 g/mol. The molecule has 0 radical (unpaired) electrons. The van der Waals surface area contributed by atoms with Crippen molar-refractivity contribution < 1.29 is 14.3 Å². The van der Waals surface area contributed by atoms with Crippen LogP contribution in [0.2, 0.25) is 0 Å². The topological polar surface area (TPSA) is 79.5 Å². The number of ether oxygens (including phenoxy) is 1. The third kappa shape index (κ3) is 7.35. The van der Waals surface area contributed by atoms with Gasteiger partial charge in [0.1, 0.15) is 5.75 Å². The fourth-order valence-corrected chi connectivity index (χ4v) is 3.85. The molecule has 0 saturated heterocycles. The molecule has 166 valence electrons. The Morgan fingerprint density at radius 3 is 2.12 bits per heavy atom. The molecule has 3 amide bonds. The molecular weight excluding hydrogens is 422 g/mol. The van der Waals surface area contributed by atoms with Crippen LogP contribution in [0.5, 0.6) is 5.75 Å². The summed E-state index contributed by atoms with van der Waals surface area (Å²) in [6.07, 6.45) is 0.431. The van der Waals surface area contributed by atoms with E-state index in [1.165, 1.54) is 0 Å². The van der Waals surface area contributed by atoms with E-state index in [-0.39, 0.29) is 18.0 Å². The van der Waals surface area contributed by atoms with Gasteiger partial charge in [0.25, 0.3) is 0 Å². The molecule has 0 spiro atoms. The number of carbonyl (C=O) groups is 2. The Bertz CT molecular complexity index is 1010. The summed E-state index contributed by atoms with van der Waals surface area (Å²) < 4.78 is 5.15. The van der Waals surface area contributed by atoms with Gasteiger partial charge in [0, 0.05) is 28.4 Å². The molecule has 0 aliphatic heterocycles. The van der Waals surface area contributed by atoms with Crippen molar-refractivity contribution in [2.24, 2.45) is 0 Å². The van der Waals surface area contributed by atoms with Gasteiger partial charge in [0.05, 0.1) is 13.2 Å². The van der Waals surface area contributed by atoms with Gasteiger partial charge in [-0.3, -0.25) is 4.79 Å². The lowest BCUT2D eigenvalue weighted by Crippen LogP contribution is -2.26. The van der Waals surface area contributed by atoms with Crippen LogP contribution in [0.1, 0.15) is 24.9 Å². The Labute approximate surface area is 192 Å². The maximum absolute atomic E-state index is 12.3. The number of nitrogens with one attached hydrogen (secondary N) is 3. The Balaban J connectivity index is 1.41. The molecule has 3 N–H and O–H groups in total. The van der Waals surface area contributed by atoms with Crippen molar-refractivity contribution >= 4 is 35.1 Å². The smallest absolute Gasteiger partial charge is 0.323 e. The summed E-state index contributed by atoms with van der Waals surface area (Å²) in [6, 6.07) is 24.1. The second-order valence-electron chi connectivity index (χ2n) is 7.13. The van der Waals surface area contributed by atoms with E-state index >= 15 is 0 Å². The van der Waals surface area contributed by atoms with Crippen LogP contribution in [0, 0.1) is 0 Å². The van der Waals surface area contributed by atoms with Crippen LogP contribution in [0.3, 0.4) is 0 Å². The molecule has 6 nitrogen and oxygen atoms in total. The van der Waals surface area contributed by atoms with Gasteiger partial charge >= 0.3 is 6.03 Å². The summed E-state index contributed by atoms with van der Waals surface area (Å²) in [5.41, 5.74) is 2.37. The highest BCUT2D eigenvalue weighted by atomic mass is 32.2. The number of methoxy groups -OCH3 is 1. The lowest BCUT2D eigenvalue weighted by molar-refractivity contribution is -0.121. The molecule has 0 bridgehead atoms. The lowest BCUT2D eigenvalue weighted by atomic mass is 10.1. The van der Waals surface area contributed by atoms with Crippen LogP contribution in [-0.4, -0.2) is 24.8 Å². The number of benzene rings is 3. The average Bonchev–Trinajstić information content (AvgIpc) is 2.80. The molecule has 32 heavy (non-hydrogen) atoms. The highest BCUT2D eigenvalue weighted by Gasteiger charge is 2.10. The first-order valence-corrected chi connectivity index (χ1v) is 11.3. The predicted octanol–water partition coefficient (Wildman–Crippen LogP) is 5.70. The van der Waals surface area contributed by atoms with Crippen molar-refractivity contribution in [2.75, 3.05) is 23.5 Å². The predicted molar refractivity (Wildman–Crippen MR) is 130 cm³/mol. The zero-order chi connectivity index (χ0) is 22.8. The normalized spacial score (nSPS) is 11.3. The van der Waals surface area contributed by atoms with E-state index in [0.717, 1.165) is 21.9 Å². The summed E-state index contributed by atoms with van der Waals surface area (Å²) in [6.45, 7) is 1.94. The van der Waals surface area contributed by atoms with Gasteiger partial charge in [-0.25, -0.2) is 4.79 Å². The maximum Gasteiger partial charge on any atom is 0.323 e. The summed E-state index contributed by atoms with van der Waals surface area (Å²) >= 11 is 1.64. The summed E-state index contributed by atoms with van der Waals surface area (Å²) in [7, 11) is 1.64. The minimum absolute atomic E-state index is 0.00273. The lowest BCUT2D eigenvalue weighted by Gasteiger charge is -2.15. The molecule has 0 aromatic heterocycles. The summed E-state index contributed by atoms with van der Waals surface area (Å²) in [5.74, 6) is 1.52. The standard InChI is InChI=1S/C25H27N3O3S/c1-18(26-24(29)16-17-32-23-14-12-22(31-2)13-15-23)19-8-10-21(11-9-19)28-25(30)27-20-6-4-3-5-7-20/h3-15,18H,16-17H2,1-2H3,(H,26,29)(H2,27,28,30). The van der Waals surface area contributed by atoms with Crippen molar-refractivity contribution in [1.29, 1.82) is 0 Å². The Morgan fingerprint density at radius 2 is 1.50 bits per heavy atom. The molecule has 0 heterocycles. The van der Waals surface area contributed by atoms with Gasteiger partial charge in [0.15, 0.2) is 0 Å². The number of hydrogen-bond donors (Lipinski definition) is 3. The minimum Gasteiger partial charge on any atom is -0.497 e. The maximum atomic E-state index is 12.3. The zero-order valence-electron chi connectivity index (χ0n) is 18.1. The fourth-order valence-electron chi connectivity index (χ4n) is 3.00. The molecule has 3 aromatic rings. The molecule has 3 rings (SSSR count). The van der Waals surface area contributed by atoms with Crippen LogP contribution >= 0.6 is 11.8 Å². The van der Waals surface area contributed by atoms with Crippen LogP contribution in [0.4, 0.5) is 16.2 Å². The third-order valence-electron chi connectivity index (χ3n) is 4.73. The van der Waals surface area contributed by atoms with Gasteiger partial charge in [-0.2, -0.15) is 0 Å². The van der Waals surface area contributed by atoms with E-state index < -0.39 is 0 Å². The molecule has 1 atom stereocenters. The molecular formula is C25H27N3O3S. The summed E-state index contributed by atoms with van der Waals surface area (Å²) in [5, 5.41) is 8.60. The zero-order valence-corrected chi connectivity index (χ0v) is 18.9. The molecule has 0 aliphatic rings. The molecule has 3 aromatic carbocycles. The van der Waals surface area contributed by atoms with Crippen LogP contribution in [0.25, 0.3) is 0 Å². The minimum atomic E-state index is -0.306. The highest BCUT2D eigenvalue weighted by Crippen LogP contribution is 2.22. The fraction of sp³-hybridized carbons (Fsp3) is 0.200. The molecule has 0 fully saturated rings. The number of thioether (sulfide) groups is 1. The first-order chi connectivity index (χ1) is 15.5. The SMILES string of the molecule is COc1ccc(SCCC(=O)NC(C)c2ccc(NC(=O)Nc3ccccc3)cc2)cc1. The average molecular weight is 450 g/mol. The first-order valence-electron chi connectivity index (χ1n) is 10.3. The number of rotatable bonds is 9. The number of amides is 3. The second kappa shape index (κ2) is 11.8. The van der Waals surface area contributed by atoms with Gasteiger partial charge in [-0.15, -0.1) is 11.8 Å². The largest absolute Gasteiger partial charge is 0.497 e. The Hall–Kier alpha value is -3.45. The van der Waals surface area contributed by atoms with E-state index in [2.05, 4.69) is 16.0 Å². The van der Waals surface area contributed by atoms with Crippen molar-refractivity contribution in [3.05, 3.63) is 84.4 Å². The van der Waals surface area contributed by atoms with E-state index in [9.17, 15) is 9.59 Å². The van der Waals surface area contributed by atoms with Crippen molar-refractivity contribution in [2.45, 2.75) is 24.3 Å². The van der Waals surface area contributed by atoms with E-state index in [1.807, 2.05) is 85.8 Å². The summed E-state index contributed by atoms with van der Waals surface area (Å²) in [4.78, 5) is 25.5. The van der Waals surface area contributed by atoms with Gasteiger partial charge in [-0.05, 0) is 61.0 Å². The van der Waals surface area contributed by atoms with Crippen LogP contribution in [-0.2, 0) is 4.79 Å². The van der Waals surface area contributed by atoms with Crippen LogP contribution in [0.15, 0.2) is 83.8 Å². The van der Waals surface area contributed by atoms with E-state index in [0.29, 0.717) is 17.9 Å². The van der Waals surface area contributed by atoms with Crippen molar-refractivity contribution in [3.8, 4) is 5.75 Å². The highest BCUT2D eigenvalue weighted by molar-refractivity contribution is 7.99. The Morgan fingerprint density at radius 1 is 0.875 bits per heavy atom. The Kier molecular flexibility index (Phi) is 8.57. The second-order valence-corrected chi connectivity index (χ2v) is 8.30. The number of hydrogen-bond acceptors (Lipinski definition) is 4. The van der Waals surface area contributed by atoms with Gasteiger partial charge in [-0.1, -0.05) is 30.3 Å². The number of anilines is 2. The molecule has 0 aliphatic carbocycles. The van der Waals surface area contributed by atoms with E-state index in [4.69, 9.17) is 4.74 Å². The molecule has 7 heteroatoms. The first kappa shape index (κ1) is 23.2. The van der Waals surface area contributed by atoms with E-state index in [1.54, 1.807) is 18.9 Å². The van der Waals surface area contributed by atoms with Crippen molar-refractivity contribution in [1.82, 2.24) is 5.32 Å². The van der Waals surface area contributed by atoms with Crippen molar-refractivity contribution in [3.63, 3.8) is 0 Å². The number of para-hydroxylation sites is 1. The third-order valence-corrected chi connectivity index (χ3v) is 5.75. The molecule has 0 saturated carbocycles.